The Morgan fingerprint density at radius 3 is 2.40 bits per heavy atom. The highest BCUT2D eigenvalue weighted by molar-refractivity contribution is 7.15. The fraction of sp³-hybridized carbons (Fsp3) is 0.600. The van der Waals surface area contributed by atoms with Crippen LogP contribution in [0.4, 0.5) is 0 Å². The molecule has 1 aromatic heterocycles. The maximum Gasteiger partial charge on any atom is 0.345 e. The number of hydrogen-bond donors (Lipinski definition) is 1. The molecule has 20 heavy (non-hydrogen) atoms. The van der Waals surface area contributed by atoms with Crippen LogP contribution in [0, 0.1) is 5.92 Å². The lowest BCUT2D eigenvalue weighted by atomic mass is 10.1. The zero-order valence-electron chi connectivity index (χ0n) is 12.0. The Hall–Kier alpha value is -1.36. The number of thiophene rings is 1. The van der Waals surface area contributed by atoms with Gasteiger partial charge in [0.1, 0.15) is 4.88 Å². The van der Waals surface area contributed by atoms with Crippen molar-refractivity contribution < 1.29 is 14.7 Å². The highest BCUT2D eigenvalue weighted by Gasteiger charge is 2.28. The lowest BCUT2D eigenvalue weighted by molar-refractivity contribution is 0.0659. The molecular weight excluding hydrogens is 274 g/mol. The molecule has 0 bridgehead atoms. The monoisotopic (exact) mass is 295 g/mol. The molecule has 0 aliphatic heterocycles. The second-order valence-electron chi connectivity index (χ2n) is 5.76. The maximum atomic E-state index is 12.6. The van der Waals surface area contributed by atoms with Gasteiger partial charge in [-0.05, 0) is 30.9 Å². The van der Waals surface area contributed by atoms with E-state index in [1.54, 1.807) is 6.07 Å². The Morgan fingerprint density at radius 2 is 1.90 bits per heavy atom. The predicted molar refractivity (Wildman–Crippen MR) is 79.4 cm³/mol. The number of hydrogen-bond acceptors (Lipinski definition) is 3. The third-order valence-electron chi connectivity index (χ3n) is 3.62. The van der Waals surface area contributed by atoms with Gasteiger partial charge in [0.2, 0.25) is 0 Å². The topological polar surface area (TPSA) is 57.6 Å². The molecule has 4 nitrogen and oxygen atoms in total. The Kier molecular flexibility index (Phi) is 4.81. The summed E-state index contributed by atoms with van der Waals surface area (Å²) in [6, 6.07) is 3.47. The van der Waals surface area contributed by atoms with Gasteiger partial charge in [-0.25, -0.2) is 4.79 Å². The second kappa shape index (κ2) is 6.39. The van der Waals surface area contributed by atoms with Gasteiger partial charge >= 0.3 is 5.97 Å². The van der Waals surface area contributed by atoms with Crippen molar-refractivity contribution in [3.8, 4) is 0 Å². The van der Waals surface area contributed by atoms with Gasteiger partial charge in [-0.15, -0.1) is 11.3 Å². The summed E-state index contributed by atoms with van der Waals surface area (Å²) in [4.78, 5) is 26.3. The molecule has 1 amide bonds. The molecular formula is C15H21NO3S. The summed E-state index contributed by atoms with van der Waals surface area (Å²) in [5, 5.41) is 8.96. The van der Waals surface area contributed by atoms with E-state index < -0.39 is 5.97 Å². The summed E-state index contributed by atoms with van der Waals surface area (Å²) in [6.07, 6.45) is 4.49. The first-order valence-electron chi connectivity index (χ1n) is 7.13. The molecule has 1 fully saturated rings. The molecule has 1 aliphatic carbocycles. The molecule has 0 spiro atoms. The first-order chi connectivity index (χ1) is 9.49. The van der Waals surface area contributed by atoms with Gasteiger partial charge in [-0.2, -0.15) is 0 Å². The summed E-state index contributed by atoms with van der Waals surface area (Å²) in [5.74, 6) is -0.563. The van der Waals surface area contributed by atoms with Crippen molar-refractivity contribution in [3.05, 3.63) is 21.9 Å². The van der Waals surface area contributed by atoms with Gasteiger partial charge in [-0.1, -0.05) is 26.7 Å². The molecule has 1 saturated carbocycles. The summed E-state index contributed by atoms with van der Waals surface area (Å²) < 4.78 is 0. The predicted octanol–water partition coefficient (Wildman–Crippen LogP) is 3.49. The van der Waals surface area contributed by atoms with Crippen LogP contribution in [-0.4, -0.2) is 34.5 Å². The highest BCUT2D eigenvalue weighted by atomic mass is 32.1. The highest BCUT2D eigenvalue weighted by Crippen LogP contribution is 2.27. The number of amides is 1. The zero-order chi connectivity index (χ0) is 14.7. The van der Waals surface area contributed by atoms with Gasteiger partial charge in [0.05, 0.1) is 4.88 Å². The van der Waals surface area contributed by atoms with Gasteiger partial charge in [0.25, 0.3) is 5.91 Å². The van der Waals surface area contributed by atoms with Crippen LogP contribution in [0.25, 0.3) is 0 Å². The minimum atomic E-state index is -0.967. The van der Waals surface area contributed by atoms with Crippen molar-refractivity contribution in [1.82, 2.24) is 4.90 Å². The van der Waals surface area contributed by atoms with Crippen molar-refractivity contribution >= 4 is 23.2 Å². The standard InChI is InChI=1S/C15H21NO3S/c1-10(2)9-16(11-5-3-4-6-11)14(17)12-7-8-13(20-12)15(18)19/h7-8,10-11H,3-6,9H2,1-2H3,(H,18,19). The molecule has 1 aliphatic rings. The number of carboxylic acids is 1. The SMILES string of the molecule is CC(C)CN(C(=O)c1ccc(C(=O)O)s1)C1CCCC1. The van der Waals surface area contributed by atoms with Gasteiger partial charge < -0.3 is 10.0 Å². The lowest BCUT2D eigenvalue weighted by Crippen LogP contribution is -2.40. The van der Waals surface area contributed by atoms with Gasteiger partial charge in [0, 0.05) is 12.6 Å². The minimum absolute atomic E-state index is 0.0110. The largest absolute Gasteiger partial charge is 0.477 e. The molecule has 1 heterocycles. The van der Waals surface area contributed by atoms with Gasteiger partial charge in [-0.3, -0.25) is 4.79 Å². The van der Waals surface area contributed by atoms with Crippen molar-refractivity contribution in [2.45, 2.75) is 45.6 Å². The van der Waals surface area contributed by atoms with E-state index in [1.807, 2.05) is 4.90 Å². The Morgan fingerprint density at radius 1 is 1.30 bits per heavy atom. The number of carboxylic acid groups (broad SMARTS) is 1. The molecule has 1 aromatic rings. The molecule has 0 unspecified atom stereocenters. The summed E-state index contributed by atoms with van der Waals surface area (Å²) >= 11 is 1.07. The van der Waals surface area contributed by atoms with Crippen molar-refractivity contribution in [2.24, 2.45) is 5.92 Å². The Labute approximate surface area is 123 Å². The van der Waals surface area contributed by atoms with Gasteiger partial charge in [0.15, 0.2) is 0 Å². The normalized spacial score (nSPS) is 15.8. The third kappa shape index (κ3) is 3.39. The van der Waals surface area contributed by atoms with Crippen LogP contribution in [-0.2, 0) is 0 Å². The van der Waals surface area contributed by atoms with Crippen LogP contribution in [0.5, 0.6) is 0 Å². The second-order valence-corrected chi connectivity index (χ2v) is 6.84. The van der Waals surface area contributed by atoms with E-state index in [1.165, 1.54) is 18.9 Å². The molecule has 110 valence electrons. The van der Waals surface area contributed by atoms with E-state index >= 15 is 0 Å². The maximum absolute atomic E-state index is 12.6. The average molecular weight is 295 g/mol. The molecule has 1 N–H and O–H groups in total. The zero-order valence-corrected chi connectivity index (χ0v) is 12.8. The van der Waals surface area contributed by atoms with Crippen molar-refractivity contribution in [3.63, 3.8) is 0 Å². The Balaban J connectivity index is 2.17. The number of carbonyl (C=O) groups is 2. The van der Waals surface area contributed by atoms with Crippen LogP contribution < -0.4 is 0 Å². The average Bonchev–Trinajstić information content (AvgIpc) is 3.05. The van der Waals surface area contributed by atoms with Crippen molar-refractivity contribution in [2.75, 3.05) is 6.54 Å². The summed E-state index contributed by atoms with van der Waals surface area (Å²) in [7, 11) is 0. The number of carbonyl (C=O) groups excluding carboxylic acids is 1. The fourth-order valence-electron chi connectivity index (χ4n) is 2.72. The molecule has 0 radical (unpaired) electrons. The Bertz CT molecular complexity index is 489. The third-order valence-corrected chi connectivity index (χ3v) is 4.68. The minimum Gasteiger partial charge on any atom is -0.477 e. The molecule has 2 rings (SSSR count). The number of aromatic carboxylic acids is 1. The molecule has 0 atom stereocenters. The molecule has 5 heteroatoms. The molecule has 0 aromatic carbocycles. The number of nitrogens with zero attached hydrogens (tertiary/aromatic N) is 1. The first kappa shape index (κ1) is 15.0. The van der Waals surface area contributed by atoms with E-state index in [-0.39, 0.29) is 10.8 Å². The van der Waals surface area contributed by atoms with Crippen LogP contribution in [0.1, 0.15) is 58.9 Å². The number of rotatable bonds is 5. The fourth-order valence-corrected chi connectivity index (χ4v) is 3.52. The van der Waals surface area contributed by atoms with Crippen LogP contribution in [0.3, 0.4) is 0 Å². The van der Waals surface area contributed by atoms with E-state index in [0.29, 0.717) is 16.8 Å². The summed E-state index contributed by atoms with van der Waals surface area (Å²) in [6.45, 7) is 4.95. The lowest BCUT2D eigenvalue weighted by Gasteiger charge is -2.30. The first-order valence-corrected chi connectivity index (χ1v) is 7.94. The summed E-state index contributed by atoms with van der Waals surface area (Å²) in [5.41, 5.74) is 0. The van der Waals surface area contributed by atoms with E-state index in [0.717, 1.165) is 30.7 Å². The van der Waals surface area contributed by atoms with E-state index in [4.69, 9.17) is 5.11 Å². The van der Waals surface area contributed by atoms with E-state index in [9.17, 15) is 9.59 Å². The van der Waals surface area contributed by atoms with Crippen molar-refractivity contribution in [1.29, 1.82) is 0 Å². The van der Waals surface area contributed by atoms with E-state index in [2.05, 4.69) is 13.8 Å². The smallest absolute Gasteiger partial charge is 0.345 e. The van der Waals surface area contributed by atoms with Crippen LogP contribution in [0.15, 0.2) is 12.1 Å². The quantitative estimate of drug-likeness (QED) is 0.904. The molecule has 0 saturated heterocycles. The van der Waals surface area contributed by atoms with Crippen LogP contribution >= 0.6 is 11.3 Å². The van der Waals surface area contributed by atoms with Crippen LogP contribution in [0.2, 0.25) is 0 Å².